The minimum atomic E-state index is -0.505. The van der Waals surface area contributed by atoms with Crippen LogP contribution in [0.1, 0.15) is 33.9 Å². The molecule has 0 atom stereocenters. The van der Waals surface area contributed by atoms with Gasteiger partial charge in [-0.1, -0.05) is 0 Å². The number of amides is 1. The number of esters is 1. The maximum Gasteiger partial charge on any atom is 0.350 e. The molecule has 0 fully saturated rings. The number of ether oxygens (including phenoxy) is 1. The summed E-state index contributed by atoms with van der Waals surface area (Å²) in [6.45, 7) is 4.51. The van der Waals surface area contributed by atoms with Gasteiger partial charge in [-0.3, -0.25) is 4.79 Å². The molecule has 1 aromatic heterocycles. The van der Waals surface area contributed by atoms with E-state index in [0.29, 0.717) is 17.1 Å². The van der Waals surface area contributed by atoms with E-state index in [1.807, 2.05) is 6.92 Å². The van der Waals surface area contributed by atoms with Gasteiger partial charge in [0.15, 0.2) is 0 Å². The number of hydrogen-bond donors (Lipinski definition) is 3. The van der Waals surface area contributed by atoms with Crippen LogP contribution in [0.4, 0.5) is 10.7 Å². The van der Waals surface area contributed by atoms with Crippen LogP contribution in [0.3, 0.4) is 0 Å². The maximum absolute atomic E-state index is 11.7. The minimum Gasteiger partial charge on any atom is -0.462 e. The monoisotopic (exact) mass is 271 g/mol. The SMILES string of the molecule is CCNc1sc(C(=O)OCC)c(N)c1C(=O)NC. The lowest BCUT2D eigenvalue weighted by molar-refractivity contribution is 0.0533. The van der Waals surface area contributed by atoms with E-state index in [9.17, 15) is 9.59 Å². The molecular formula is C11H17N3O3S. The number of carbonyl (C=O) groups is 2. The number of thiophene rings is 1. The second-order valence-electron chi connectivity index (χ2n) is 3.38. The van der Waals surface area contributed by atoms with Gasteiger partial charge in [0.2, 0.25) is 0 Å². The van der Waals surface area contributed by atoms with Gasteiger partial charge in [0.05, 0.1) is 17.9 Å². The fraction of sp³-hybridized carbons (Fsp3) is 0.455. The number of rotatable bonds is 5. The molecular weight excluding hydrogens is 254 g/mol. The van der Waals surface area contributed by atoms with E-state index in [1.54, 1.807) is 6.92 Å². The first kappa shape index (κ1) is 14.3. The van der Waals surface area contributed by atoms with Gasteiger partial charge >= 0.3 is 5.97 Å². The average molecular weight is 271 g/mol. The van der Waals surface area contributed by atoms with Crippen LogP contribution in [-0.2, 0) is 4.74 Å². The summed E-state index contributed by atoms with van der Waals surface area (Å²) in [5.74, 6) is -0.829. The first-order valence-electron chi connectivity index (χ1n) is 5.62. The van der Waals surface area contributed by atoms with Gasteiger partial charge < -0.3 is 21.1 Å². The zero-order valence-corrected chi connectivity index (χ0v) is 11.4. The number of nitrogens with two attached hydrogens (primary N) is 1. The molecule has 0 aromatic carbocycles. The highest BCUT2D eigenvalue weighted by Gasteiger charge is 2.25. The lowest BCUT2D eigenvalue weighted by atomic mass is 10.2. The highest BCUT2D eigenvalue weighted by Crippen LogP contribution is 2.36. The van der Waals surface area contributed by atoms with Crippen molar-refractivity contribution in [2.24, 2.45) is 0 Å². The molecule has 1 aromatic rings. The molecule has 0 aliphatic heterocycles. The van der Waals surface area contributed by atoms with Crippen LogP contribution in [0.15, 0.2) is 0 Å². The summed E-state index contributed by atoms with van der Waals surface area (Å²) in [5.41, 5.74) is 6.31. The molecule has 4 N–H and O–H groups in total. The van der Waals surface area contributed by atoms with Crippen molar-refractivity contribution in [3.63, 3.8) is 0 Å². The molecule has 0 unspecified atom stereocenters. The van der Waals surface area contributed by atoms with Crippen molar-refractivity contribution in [1.82, 2.24) is 5.32 Å². The molecule has 1 amide bonds. The molecule has 100 valence electrons. The molecule has 0 bridgehead atoms. The van der Waals surface area contributed by atoms with Gasteiger partial charge in [0.1, 0.15) is 9.88 Å². The molecule has 0 aliphatic carbocycles. The second kappa shape index (κ2) is 6.25. The van der Waals surface area contributed by atoms with Crippen molar-refractivity contribution < 1.29 is 14.3 Å². The van der Waals surface area contributed by atoms with E-state index >= 15 is 0 Å². The van der Waals surface area contributed by atoms with E-state index < -0.39 is 5.97 Å². The summed E-state index contributed by atoms with van der Waals surface area (Å²) in [7, 11) is 1.51. The Morgan fingerprint density at radius 3 is 2.56 bits per heavy atom. The van der Waals surface area contributed by atoms with Gasteiger partial charge in [0.25, 0.3) is 5.91 Å². The molecule has 18 heavy (non-hydrogen) atoms. The average Bonchev–Trinajstić information content (AvgIpc) is 2.66. The van der Waals surface area contributed by atoms with Crippen LogP contribution in [-0.4, -0.2) is 32.1 Å². The van der Waals surface area contributed by atoms with Crippen molar-refractivity contribution in [3.05, 3.63) is 10.4 Å². The normalized spacial score (nSPS) is 9.94. The van der Waals surface area contributed by atoms with Crippen LogP contribution >= 0.6 is 11.3 Å². The minimum absolute atomic E-state index is 0.161. The summed E-state index contributed by atoms with van der Waals surface area (Å²) in [6, 6.07) is 0. The Morgan fingerprint density at radius 1 is 1.39 bits per heavy atom. The largest absolute Gasteiger partial charge is 0.462 e. The van der Waals surface area contributed by atoms with E-state index in [2.05, 4.69) is 10.6 Å². The molecule has 0 aliphatic rings. The Balaban J connectivity index is 3.23. The molecule has 6 nitrogen and oxygen atoms in total. The molecule has 0 radical (unpaired) electrons. The fourth-order valence-electron chi connectivity index (χ4n) is 1.43. The summed E-state index contributed by atoms with van der Waals surface area (Å²) in [6.07, 6.45) is 0. The topological polar surface area (TPSA) is 93.4 Å². The number of anilines is 2. The quantitative estimate of drug-likeness (QED) is 0.702. The first-order chi connectivity index (χ1) is 8.56. The van der Waals surface area contributed by atoms with E-state index in [0.717, 1.165) is 11.3 Å². The molecule has 1 rings (SSSR count). The number of carbonyl (C=O) groups excluding carboxylic acids is 2. The number of hydrogen-bond acceptors (Lipinski definition) is 6. The summed E-state index contributed by atoms with van der Waals surface area (Å²) in [5, 5.41) is 6.10. The van der Waals surface area contributed by atoms with Gasteiger partial charge in [-0.15, -0.1) is 11.3 Å². The lowest BCUT2D eigenvalue weighted by Gasteiger charge is -2.04. The third kappa shape index (κ3) is 2.73. The van der Waals surface area contributed by atoms with Gasteiger partial charge in [-0.25, -0.2) is 4.79 Å². The van der Waals surface area contributed by atoms with Crippen LogP contribution < -0.4 is 16.4 Å². The van der Waals surface area contributed by atoms with Crippen LogP contribution in [0.2, 0.25) is 0 Å². The van der Waals surface area contributed by atoms with Crippen molar-refractivity contribution in [1.29, 1.82) is 0 Å². The molecule has 1 heterocycles. The summed E-state index contributed by atoms with van der Waals surface area (Å²) in [4.78, 5) is 23.7. The van der Waals surface area contributed by atoms with Crippen molar-refractivity contribution in [3.8, 4) is 0 Å². The third-order valence-electron chi connectivity index (χ3n) is 2.20. The van der Waals surface area contributed by atoms with E-state index in [4.69, 9.17) is 10.5 Å². The molecule has 0 spiro atoms. The van der Waals surface area contributed by atoms with Crippen molar-refractivity contribution >= 4 is 33.9 Å². The van der Waals surface area contributed by atoms with Crippen LogP contribution in [0, 0.1) is 0 Å². The number of nitrogens with one attached hydrogen (secondary N) is 2. The summed E-state index contributed by atoms with van der Waals surface area (Å²) < 4.78 is 4.90. The highest BCUT2D eigenvalue weighted by molar-refractivity contribution is 7.19. The second-order valence-corrected chi connectivity index (χ2v) is 4.40. The van der Waals surface area contributed by atoms with Crippen LogP contribution in [0.5, 0.6) is 0 Å². The highest BCUT2D eigenvalue weighted by atomic mass is 32.1. The smallest absolute Gasteiger partial charge is 0.350 e. The van der Waals surface area contributed by atoms with Crippen molar-refractivity contribution in [2.45, 2.75) is 13.8 Å². The molecule has 7 heteroatoms. The Morgan fingerprint density at radius 2 is 2.06 bits per heavy atom. The van der Waals surface area contributed by atoms with Crippen molar-refractivity contribution in [2.75, 3.05) is 31.2 Å². The Hall–Kier alpha value is -1.76. The van der Waals surface area contributed by atoms with Crippen LogP contribution in [0.25, 0.3) is 0 Å². The van der Waals surface area contributed by atoms with Gasteiger partial charge in [-0.05, 0) is 13.8 Å². The molecule has 0 saturated carbocycles. The molecule has 0 saturated heterocycles. The third-order valence-corrected chi connectivity index (χ3v) is 3.34. The van der Waals surface area contributed by atoms with E-state index in [1.165, 1.54) is 7.05 Å². The Bertz CT molecular complexity index is 457. The predicted octanol–water partition coefficient (Wildman–Crippen LogP) is 1.30. The zero-order chi connectivity index (χ0) is 13.7. The van der Waals surface area contributed by atoms with E-state index in [-0.39, 0.29) is 23.1 Å². The summed E-state index contributed by atoms with van der Waals surface area (Å²) >= 11 is 1.13. The fourth-order valence-corrected chi connectivity index (χ4v) is 2.51. The number of nitrogen functional groups attached to an aromatic ring is 1. The first-order valence-corrected chi connectivity index (χ1v) is 6.43. The predicted molar refractivity (Wildman–Crippen MR) is 72.2 cm³/mol. The lowest BCUT2D eigenvalue weighted by Crippen LogP contribution is -2.20. The van der Waals surface area contributed by atoms with Gasteiger partial charge in [0, 0.05) is 13.6 Å². The standard InChI is InChI=1S/C11H17N3O3S/c1-4-14-10-6(9(15)13-3)7(12)8(18-10)11(16)17-5-2/h14H,4-5,12H2,1-3H3,(H,13,15). The Kier molecular flexibility index (Phi) is 4.96. The zero-order valence-electron chi connectivity index (χ0n) is 10.6. The van der Waals surface area contributed by atoms with Gasteiger partial charge in [-0.2, -0.15) is 0 Å². The maximum atomic E-state index is 11.7. The Labute approximate surface area is 110 Å².